The Balaban J connectivity index is 1.23. The number of hydrogen-bond donors (Lipinski definition) is 1. The molecule has 1 spiro atoms. The van der Waals surface area contributed by atoms with Gasteiger partial charge in [-0.05, 0) is 40.8 Å². The van der Waals surface area contributed by atoms with Gasteiger partial charge >= 0.3 is 12.1 Å². The molecule has 3 aliphatic rings. The SMILES string of the molecule is CC(C)(C)COC(=O)N1CCC2(CC1)Oc1ccc(-c3ccc(NC(=O)N4CCOCC4)cc3)cc1CC2(F)F. The van der Waals surface area contributed by atoms with Crippen molar-refractivity contribution in [2.24, 2.45) is 5.41 Å². The summed E-state index contributed by atoms with van der Waals surface area (Å²) in [7, 11) is 0. The number of anilines is 1. The van der Waals surface area contributed by atoms with Crippen molar-refractivity contribution in [1.29, 1.82) is 0 Å². The van der Waals surface area contributed by atoms with Crippen molar-refractivity contribution in [3.8, 4) is 16.9 Å². The molecule has 3 aliphatic heterocycles. The molecule has 3 amide bonds. The van der Waals surface area contributed by atoms with Crippen molar-refractivity contribution in [2.45, 2.75) is 51.6 Å². The van der Waals surface area contributed by atoms with Gasteiger partial charge in [0.1, 0.15) is 5.75 Å². The maximum absolute atomic E-state index is 15.6. The molecule has 10 heteroatoms. The fourth-order valence-corrected chi connectivity index (χ4v) is 5.28. The number of fused-ring (bicyclic) bond motifs is 1. The molecule has 8 nitrogen and oxygen atoms in total. The summed E-state index contributed by atoms with van der Waals surface area (Å²) in [6.07, 6.45) is -0.841. The molecule has 216 valence electrons. The van der Waals surface area contributed by atoms with E-state index in [9.17, 15) is 9.59 Å². The molecule has 2 saturated heterocycles. The normalized spacial score (nSPS) is 19.9. The van der Waals surface area contributed by atoms with Crippen LogP contribution in [-0.2, 0) is 15.9 Å². The molecule has 0 unspecified atom stereocenters. The van der Waals surface area contributed by atoms with E-state index in [0.717, 1.165) is 11.1 Å². The highest BCUT2D eigenvalue weighted by Crippen LogP contribution is 2.49. The van der Waals surface area contributed by atoms with Gasteiger partial charge in [-0.1, -0.05) is 39.0 Å². The first-order valence-electron chi connectivity index (χ1n) is 13.8. The molecular formula is C30H37F2N3O5. The summed E-state index contributed by atoms with van der Waals surface area (Å²) < 4.78 is 47.9. The highest BCUT2D eigenvalue weighted by Gasteiger charge is 2.59. The minimum Gasteiger partial charge on any atom is -0.481 e. The number of morpholine rings is 1. The Kier molecular flexibility index (Phi) is 7.65. The lowest BCUT2D eigenvalue weighted by molar-refractivity contribution is -0.193. The summed E-state index contributed by atoms with van der Waals surface area (Å²) >= 11 is 0. The summed E-state index contributed by atoms with van der Waals surface area (Å²) in [5, 5.41) is 2.89. The van der Waals surface area contributed by atoms with Crippen LogP contribution in [-0.4, -0.2) is 79.4 Å². The molecule has 0 saturated carbocycles. The van der Waals surface area contributed by atoms with E-state index in [-0.39, 0.29) is 44.0 Å². The number of halogens is 2. The molecule has 2 aromatic carbocycles. The van der Waals surface area contributed by atoms with Gasteiger partial charge in [0, 0.05) is 56.7 Å². The van der Waals surface area contributed by atoms with Crippen LogP contribution in [0.1, 0.15) is 39.2 Å². The van der Waals surface area contributed by atoms with Gasteiger partial charge < -0.3 is 29.3 Å². The van der Waals surface area contributed by atoms with Crippen LogP contribution in [0.25, 0.3) is 11.1 Å². The largest absolute Gasteiger partial charge is 0.481 e. The van der Waals surface area contributed by atoms with Gasteiger partial charge in [-0.2, -0.15) is 0 Å². The second kappa shape index (κ2) is 10.9. The number of nitrogens with one attached hydrogen (secondary N) is 1. The Bertz CT molecular complexity index is 1230. The van der Waals surface area contributed by atoms with Crippen molar-refractivity contribution in [3.05, 3.63) is 48.0 Å². The number of piperidine rings is 1. The highest BCUT2D eigenvalue weighted by molar-refractivity contribution is 5.89. The number of urea groups is 1. The summed E-state index contributed by atoms with van der Waals surface area (Å²) in [4.78, 5) is 28.1. The van der Waals surface area contributed by atoms with Crippen molar-refractivity contribution in [2.75, 3.05) is 51.3 Å². The lowest BCUT2D eigenvalue weighted by atomic mass is 9.79. The van der Waals surface area contributed by atoms with Crippen molar-refractivity contribution >= 4 is 17.8 Å². The zero-order valence-corrected chi connectivity index (χ0v) is 23.3. The third-order valence-corrected chi connectivity index (χ3v) is 7.67. The Hall–Kier alpha value is -3.40. The number of nitrogens with zero attached hydrogens (tertiary/aromatic N) is 2. The molecule has 5 rings (SSSR count). The molecular weight excluding hydrogens is 520 g/mol. The minimum atomic E-state index is -3.09. The van der Waals surface area contributed by atoms with E-state index in [1.54, 1.807) is 29.2 Å². The molecule has 2 aromatic rings. The number of amides is 3. The standard InChI is InChI=1S/C30H37F2N3O5/c1-28(2,3)20-39-27(37)35-12-10-29(11-13-35)30(31,32)19-23-18-22(6-9-25(23)40-29)21-4-7-24(8-5-21)33-26(36)34-14-16-38-17-15-34/h4-9,18H,10-17,19-20H2,1-3H3,(H,33,36). The molecule has 40 heavy (non-hydrogen) atoms. The smallest absolute Gasteiger partial charge is 0.409 e. The van der Waals surface area contributed by atoms with Crippen LogP contribution in [0.15, 0.2) is 42.5 Å². The Morgan fingerprint density at radius 3 is 2.25 bits per heavy atom. The van der Waals surface area contributed by atoms with E-state index in [4.69, 9.17) is 14.2 Å². The van der Waals surface area contributed by atoms with Crippen LogP contribution in [0.2, 0.25) is 0 Å². The van der Waals surface area contributed by atoms with E-state index in [2.05, 4.69) is 5.32 Å². The van der Waals surface area contributed by atoms with Gasteiger partial charge in [0.05, 0.1) is 19.8 Å². The topological polar surface area (TPSA) is 80.3 Å². The van der Waals surface area contributed by atoms with Crippen molar-refractivity contribution < 1.29 is 32.6 Å². The first-order valence-corrected chi connectivity index (χ1v) is 13.8. The molecule has 3 heterocycles. The van der Waals surface area contributed by atoms with E-state index in [1.165, 1.54) is 4.90 Å². The molecule has 0 bridgehead atoms. The highest BCUT2D eigenvalue weighted by atomic mass is 19.3. The number of alkyl halides is 2. The maximum atomic E-state index is 15.6. The van der Waals surface area contributed by atoms with Crippen molar-refractivity contribution in [3.63, 3.8) is 0 Å². The lowest BCUT2D eigenvalue weighted by Gasteiger charge is -2.48. The van der Waals surface area contributed by atoms with Crippen molar-refractivity contribution in [1.82, 2.24) is 9.80 Å². The first-order chi connectivity index (χ1) is 18.9. The number of ether oxygens (including phenoxy) is 3. The third-order valence-electron chi connectivity index (χ3n) is 7.67. The van der Waals surface area contributed by atoms with Crippen LogP contribution < -0.4 is 10.1 Å². The number of benzene rings is 2. The molecule has 2 fully saturated rings. The average Bonchev–Trinajstić information content (AvgIpc) is 2.93. The van der Waals surface area contributed by atoms with Crippen LogP contribution in [0.4, 0.5) is 24.1 Å². The maximum Gasteiger partial charge on any atom is 0.409 e. The third kappa shape index (κ3) is 6.01. The van der Waals surface area contributed by atoms with Gasteiger partial charge in [0.25, 0.3) is 5.92 Å². The van der Waals surface area contributed by atoms with Crippen LogP contribution in [0, 0.1) is 5.41 Å². The van der Waals surface area contributed by atoms with Gasteiger partial charge in [-0.25, -0.2) is 18.4 Å². The fourth-order valence-electron chi connectivity index (χ4n) is 5.28. The second-order valence-electron chi connectivity index (χ2n) is 12.0. The van der Waals surface area contributed by atoms with Crippen LogP contribution in [0.5, 0.6) is 5.75 Å². The molecule has 0 radical (unpaired) electrons. The average molecular weight is 558 g/mol. The predicted molar refractivity (Wildman–Crippen MR) is 147 cm³/mol. The first kappa shape index (κ1) is 28.1. The number of rotatable bonds is 3. The summed E-state index contributed by atoms with van der Waals surface area (Å²) in [5.74, 6) is -2.64. The van der Waals surface area contributed by atoms with Gasteiger partial charge in [0.15, 0.2) is 5.60 Å². The van der Waals surface area contributed by atoms with E-state index in [0.29, 0.717) is 43.3 Å². The van der Waals surface area contributed by atoms with E-state index in [1.807, 2.05) is 39.0 Å². The zero-order valence-electron chi connectivity index (χ0n) is 23.3. The number of hydrogen-bond acceptors (Lipinski definition) is 5. The van der Waals surface area contributed by atoms with Gasteiger partial charge in [0.2, 0.25) is 0 Å². The fraction of sp³-hybridized carbons (Fsp3) is 0.533. The monoisotopic (exact) mass is 557 g/mol. The van der Waals surface area contributed by atoms with Gasteiger partial charge in [-0.3, -0.25) is 0 Å². The Morgan fingerprint density at radius 1 is 0.950 bits per heavy atom. The number of carbonyl (C=O) groups excluding carboxylic acids is 2. The predicted octanol–water partition coefficient (Wildman–Crippen LogP) is 5.81. The van der Waals surface area contributed by atoms with E-state index < -0.39 is 24.0 Å². The summed E-state index contributed by atoms with van der Waals surface area (Å²) in [6, 6.07) is 12.5. The quantitative estimate of drug-likeness (QED) is 0.516. The van der Waals surface area contributed by atoms with Crippen LogP contribution in [0.3, 0.4) is 0 Å². The molecule has 0 aliphatic carbocycles. The second-order valence-corrected chi connectivity index (χ2v) is 12.0. The van der Waals surface area contributed by atoms with Crippen LogP contribution >= 0.6 is 0 Å². The van der Waals surface area contributed by atoms with E-state index >= 15 is 8.78 Å². The van der Waals surface area contributed by atoms with Gasteiger partial charge in [-0.15, -0.1) is 0 Å². The lowest BCUT2D eigenvalue weighted by Crippen LogP contribution is -2.62. The molecule has 1 N–H and O–H groups in total. The minimum absolute atomic E-state index is 0.0312. The molecule has 0 atom stereocenters. The summed E-state index contributed by atoms with van der Waals surface area (Å²) in [6.45, 7) is 8.62. The Labute approximate surface area is 233 Å². The zero-order chi connectivity index (χ0) is 28.5. The number of likely N-dealkylation sites (tertiary alicyclic amines) is 1. The summed E-state index contributed by atoms with van der Waals surface area (Å²) in [5.41, 5.74) is 0.918. The Morgan fingerprint density at radius 2 is 1.60 bits per heavy atom. The molecule has 0 aromatic heterocycles. The number of carbonyl (C=O) groups is 2.